The van der Waals surface area contributed by atoms with Crippen LogP contribution in [0.4, 0.5) is 4.39 Å². The number of nitrogens with zero attached hydrogens (tertiary/aromatic N) is 2. The fourth-order valence-electron chi connectivity index (χ4n) is 2.06. The first kappa shape index (κ1) is 17.1. The Kier molecular flexibility index (Phi) is 5.87. The van der Waals surface area contributed by atoms with Crippen molar-refractivity contribution in [1.29, 1.82) is 0 Å². The monoisotopic (exact) mass is 378 g/mol. The molecule has 1 heterocycles. The zero-order valence-electron chi connectivity index (χ0n) is 12.6. The van der Waals surface area contributed by atoms with Crippen LogP contribution in [0.1, 0.15) is 15.9 Å². The molecule has 0 unspecified atom stereocenters. The first-order chi connectivity index (χ1) is 11.0. The number of hydrogen-bond donors (Lipinski definition) is 0. The lowest BCUT2D eigenvalue weighted by Gasteiger charge is -2.21. The molecule has 6 heteroatoms. The number of methoxy groups -OCH3 is 1. The first-order valence-corrected chi connectivity index (χ1v) is 7.68. The van der Waals surface area contributed by atoms with Gasteiger partial charge in [0, 0.05) is 35.4 Å². The van der Waals surface area contributed by atoms with Gasteiger partial charge in [-0.25, -0.2) is 9.37 Å². The molecule has 23 heavy (non-hydrogen) atoms. The third-order valence-electron chi connectivity index (χ3n) is 3.20. The Bertz CT molecular complexity index is 704. The molecule has 0 fully saturated rings. The number of halogens is 2. The van der Waals surface area contributed by atoms with E-state index in [1.165, 1.54) is 24.3 Å². The number of hydrogen-bond acceptors (Lipinski definition) is 3. The van der Waals surface area contributed by atoms with E-state index in [0.29, 0.717) is 23.6 Å². The maximum absolute atomic E-state index is 13.9. The summed E-state index contributed by atoms with van der Waals surface area (Å²) in [6, 6.07) is 7.88. The first-order valence-electron chi connectivity index (χ1n) is 6.89. The Morgan fingerprint density at radius 1 is 1.43 bits per heavy atom. The molecule has 1 amide bonds. The zero-order valence-corrected chi connectivity index (χ0v) is 14.2. The van der Waals surface area contributed by atoms with E-state index in [2.05, 4.69) is 27.5 Å². The summed E-state index contributed by atoms with van der Waals surface area (Å²) in [5.41, 5.74) is 0.833. The van der Waals surface area contributed by atoms with Crippen molar-refractivity contribution >= 4 is 21.8 Å². The maximum atomic E-state index is 13.9. The van der Waals surface area contributed by atoms with Crippen LogP contribution in [-0.2, 0) is 6.54 Å². The number of carbonyl (C=O) groups is 1. The summed E-state index contributed by atoms with van der Waals surface area (Å²) in [7, 11) is 1.50. The average molecular weight is 379 g/mol. The van der Waals surface area contributed by atoms with Crippen molar-refractivity contribution in [2.45, 2.75) is 6.54 Å². The van der Waals surface area contributed by atoms with Crippen LogP contribution in [0.15, 0.2) is 53.7 Å². The normalized spacial score (nSPS) is 10.2. The van der Waals surface area contributed by atoms with Crippen molar-refractivity contribution in [3.63, 3.8) is 0 Å². The van der Waals surface area contributed by atoms with Gasteiger partial charge in [-0.3, -0.25) is 4.79 Å². The minimum Gasteiger partial charge on any atom is -0.481 e. The highest BCUT2D eigenvalue weighted by Crippen LogP contribution is 2.18. The molecular formula is C17H16BrFN2O2. The summed E-state index contributed by atoms with van der Waals surface area (Å²) in [6.07, 6.45) is 3.04. The molecule has 1 aromatic heterocycles. The molecule has 0 aliphatic heterocycles. The minimum absolute atomic E-state index is 0.141. The Hall–Kier alpha value is -2.21. The summed E-state index contributed by atoms with van der Waals surface area (Å²) in [5.74, 6) is -0.183. The molecule has 0 saturated heterocycles. The Labute approximate surface area is 142 Å². The van der Waals surface area contributed by atoms with Crippen LogP contribution in [0.3, 0.4) is 0 Å². The van der Waals surface area contributed by atoms with Gasteiger partial charge in [-0.2, -0.15) is 0 Å². The van der Waals surface area contributed by atoms with E-state index in [-0.39, 0.29) is 18.3 Å². The van der Waals surface area contributed by atoms with Crippen LogP contribution in [0.25, 0.3) is 0 Å². The summed E-state index contributed by atoms with van der Waals surface area (Å²) in [5, 5.41) is 0. The fraction of sp³-hybridized carbons (Fsp3) is 0.176. The quantitative estimate of drug-likeness (QED) is 0.717. The van der Waals surface area contributed by atoms with E-state index in [4.69, 9.17) is 4.74 Å². The van der Waals surface area contributed by atoms with Crippen molar-refractivity contribution in [1.82, 2.24) is 9.88 Å². The van der Waals surface area contributed by atoms with Crippen LogP contribution < -0.4 is 4.74 Å². The maximum Gasteiger partial charge on any atom is 0.256 e. The van der Waals surface area contributed by atoms with Crippen LogP contribution in [-0.4, -0.2) is 29.4 Å². The molecule has 0 radical (unpaired) electrons. The lowest BCUT2D eigenvalue weighted by molar-refractivity contribution is 0.0761. The number of benzene rings is 1. The van der Waals surface area contributed by atoms with Gasteiger partial charge in [-0.15, -0.1) is 6.58 Å². The highest BCUT2D eigenvalue weighted by atomic mass is 79.9. The van der Waals surface area contributed by atoms with E-state index in [9.17, 15) is 9.18 Å². The van der Waals surface area contributed by atoms with Gasteiger partial charge in [0.1, 0.15) is 5.82 Å². The molecule has 120 valence electrons. The topological polar surface area (TPSA) is 42.4 Å². The van der Waals surface area contributed by atoms with E-state index in [1.807, 2.05) is 0 Å². The van der Waals surface area contributed by atoms with Crippen molar-refractivity contribution in [3.05, 3.63) is 70.6 Å². The van der Waals surface area contributed by atoms with Crippen LogP contribution in [0, 0.1) is 5.82 Å². The molecule has 0 atom stereocenters. The molecule has 2 rings (SSSR count). The van der Waals surface area contributed by atoms with E-state index < -0.39 is 0 Å². The minimum atomic E-state index is -0.358. The standard InChI is InChI=1S/C17H16BrFN2O2/c1-3-8-21(11-13-9-14(18)5-6-15(13)19)17(22)12-4-7-16(23-2)20-10-12/h3-7,9-10H,1,8,11H2,2H3. The second kappa shape index (κ2) is 7.87. The number of ether oxygens (including phenoxy) is 1. The van der Waals surface area contributed by atoms with Crippen molar-refractivity contribution in [2.24, 2.45) is 0 Å². The number of rotatable bonds is 6. The third-order valence-corrected chi connectivity index (χ3v) is 3.69. The summed E-state index contributed by atoms with van der Waals surface area (Å²) in [6.45, 7) is 4.10. The van der Waals surface area contributed by atoms with E-state index >= 15 is 0 Å². The molecule has 1 aromatic carbocycles. The number of pyridine rings is 1. The second-order valence-corrected chi connectivity index (χ2v) is 5.71. The van der Waals surface area contributed by atoms with Gasteiger partial charge in [0.05, 0.1) is 12.7 Å². The smallest absolute Gasteiger partial charge is 0.256 e. The van der Waals surface area contributed by atoms with Crippen molar-refractivity contribution < 1.29 is 13.9 Å². The summed E-state index contributed by atoms with van der Waals surface area (Å²) in [4.78, 5) is 18.1. The average Bonchev–Trinajstić information content (AvgIpc) is 2.57. The molecule has 0 aliphatic rings. The van der Waals surface area contributed by atoms with Gasteiger partial charge in [0.25, 0.3) is 5.91 Å². The van der Waals surface area contributed by atoms with Crippen molar-refractivity contribution in [3.8, 4) is 5.88 Å². The lowest BCUT2D eigenvalue weighted by Crippen LogP contribution is -2.31. The van der Waals surface area contributed by atoms with Crippen LogP contribution in [0.2, 0.25) is 0 Å². The van der Waals surface area contributed by atoms with E-state index in [0.717, 1.165) is 4.47 Å². The third kappa shape index (κ3) is 4.39. The predicted octanol–water partition coefficient (Wildman–Crippen LogP) is 3.82. The number of carbonyl (C=O) groups excluding carboxylic acids is 1. The van der Waals surface area contributed by atoms with Crippen molar-refractivity contribution in [2.75, 3.05) is 13.7 Å². The second-order valence-electron chi connectivity index (χ2n) is 4.80. The van der Waals surface area contributed by atoms with Gasteiger partial charge in [0.2, 0.25) is 5.88 Å². The largest absolute Gasteiger partial charge is 0.481 e. The Morgan fingerprint density at radius 2 is 2.22 bits per heavy atom. The van der Waals surface area contributed by atoms with Gasteiger partial charge in [-0.05, 0) is 24.3 Å². The van der Waals surface area contributed by atoms with Gasteiger partial charge >= 0.3 is 0 Å². The highest BCUT2D eigenvalue weighted by Gasteiger charge is 2.17. The molecule has 2 aromatic rings. The molecule has 0 spiro atoms. The Morgan fingerprint density at radius 3 is 2.83 bits per heavy atom. The SMILES string of the molecule is C=CCN(Cc1cc(Br)ccc1F)C(=O)c1ccc(OC)nc1. The number of amides is 1. The molecule has 0 aliphatic carbocycles. The van der Waals surface area contributed by atoms with Gasteiger partial charge in [0.15, 0.2) is 0 Å². The van der Waals surface area contributed by atoms with Gasteiger partial charge in [-0.1, -0.05) is 22.0 Å². The van der Waals surface area contributed by atoms with Gasteiger partial charge < -0.3 is 9.64 Å². The number of aromatic nitrogens is 1. The van der Waals surface area contributed by atoms with E-state index in [1.54, 1.807) is 30.3 Å². The molecule has 0 saturated carbocycles. The Balaban J connectivity index is 2.24. The lowest BCUT2D eigenvalue weighted by atomic mass is 10.1. The highest BCUT2D eigenvalue weighted by molar-refractivity contribution is 9.10. The molecule has 0 bridgehead atoms. The summed E-state index contributed by atoms with van der Waals surface area (Å²) >= 11 is 3.31. The molecule has 0 N–H and O–H groups in total. The summed E-state index contributed by atoms with van der Waals surface area (Å²) < 4.78 is 19.7. The molecule has 4 nitrogen and oxygen atoms in total. The van der Waals surface area contributed by atoms with Crippen LogP contribution in [0.5, 0.6) is 5.88 Å². The predicted molar refractivity (Wildman–Crippen MR) is 89.8 cm³/mol. The fourth-order valence-corrected chi connectivity index (χ4v) is 2.46. The molecular weight excluding hydrogens is 363 g/mol. The zero-order chi connectivity index (χ0) is 16.8. The van der Waals surface area contributed by atoms with Crippen LogP contribution >= 0.6 is 15.9 Å².